The lowest BCUT2D eigenvalue weighted by molar-refractivity contribution is -0.132. The van der Waals surface area contributed by atoms with Gasteiger partial charge in [-0.3, -0.25) is 4.79 Å². The van der Waals surface area contributed by atoms with Crippen molar-refractivity contribution < 1.29 is 4.79 Å². The number of nitrogens with one attached hydrogen (secondary N) is 1. The molecule has 1 rings (SSSR count). The molecule has 0 aliphatic carbocycles. The first-order chi connectivity index (χ1) is 6.69. The lowest BCUT2D eigenvalue weighted by atomic mass is 9.93. The molecule has 3 nitrogen and oxygen atoms in total. The first kappa shape index (κ1) is 11.5. The molecule has 0 radical (unpaired) electrons. The maximum Gasteiger partial charge on any atom is 0.222 e. The molecule has 0 saturated carbocycles. The van der Waals surface area contributed by atoms with E-state index in [2.05, 4.69) is 19.2 Å². The molecule has 0 aromatic carbocycles. The normalized spacial score (nSPS) is 27.8. The Bertz CT molecular complexity index is 194. The van der Waals surface area contributed by atoms with Crippen LogP contribution in [0.3, 0.4) is 0 Å². The van der Waals surface area contributed by atoms with Crippen molar-refractivity contribution in [3.8, 4) is 0 Å². The molecule has 1 aliphatic heterocycles. The Morgan fingerprint density at radius 2 is 2.21 bits per heavy atom. The zero-order valence-corrected chi connectivity index (χ0v) is 9.55. The number of rotatable bonds is 3. The van der Waals surface area contributed by atoms with Gasteiger partial charge < -0.3 is 10.2 Å². The quantitative estimate of drug-likeness (QED) is 0.740. The second kappa shape index (κ2) is 5.35. The summed E-state index contributed by atoms with van der Waals surface area (Å²) < 4.78 is 0. The highest BCUT2D eigenvalue weighted by Crippen LogP contribution is 2.17. The highest BCUT2D eigenvalue weighted by atomic mass is 16.2. The van der Waals surface area contributed by atoms with Gasteiger partial charge in [-0.25, -0.2) is 0 Å². The van der Waals surface area contributed by atoms with Gasteiger partial charge >= 0.3 is 0 Å². The van der Waals surface area contributed by atoms with Crippen molar-refractivity contribution in [3.63, 3.8) is 0 Å². The van der Waals surface area contributed by atoms with Gasteiger partial charge in [0.1, 0.15) is 0 Å². The lowest BCUT2D eigenvalue weighted by Crippen LogP contribution is -2.49. The van der Waals surface area contributed by atoms with Crippen molar-refractivity contribution >= 4 is 5.91 Å². The molecule has 0 bridgehead atoms. The van der Waals surface area contributed by atoms with E-state index in [-0.39, 0.29) is 0 Å². The molecule has 1 N–H and O–H groups in total. The molecule has 2 atom stereocenters. The number of nitrogens with zero attached hydrogens (tertiary/aromatic N) is 1. The molecule has 0 aromatic heterocycles. The van der Waals surface area contributed by atoms with Crippen LogP contribution in [0.2, 0.25) is 0 Å². The third kappa shape index (κ3) is 2.71. The highest BCUT2D eigenvalue weighted by molar-refractivity contribution is 5.75. The molecule has 0 spiro atoms. The summed E-state index contributed by atoms with van der Waals surface area (Å²) in [5.41, 5.74) is 0. The van der Waals surface area contributed by atoms with Crippen LogP contribution in [-0.4, -0.2) is 36.5 Å². The number of likely N-dealkylation sites (tertiary alicyclic amines) is 1. The Hall–Kier alpha value is -0.570. The summed E-state index contributed by atoms with van der Waals surface area (Å²) in [6.45, 7) is 9.16. The van der Waals surface area contributed by atoms with Gasteiger partial charge in [-0.15, -0.1) is 0 Å². The van der Waals surface area contributed by atoms with E-state index in [0.717, 1.165) is 26.1 Å². The van der Waals surface area contributed by atoms with Gasteiger partial charge in [0.05, 0.1) is 0 Å². The fourth-order valence-corrected chi connectivity index (χ4v) is 2.16. The van der Waals surface area contributed by atoms with Gasteiger partial charge in [0.25, 0.3) is 0 Å². The summed E-state index contributed by atoms with van der Waals surface area (Å²) in [6, 6.07) is 0.598. The largest absolute Gasteiger partial charge is 0.342 e. The van der Waals surface area contributed by atoms with Gasteiger partial charge in [0.2, 0.25) is 5.91 Å². The van der Waals surface area contributed by atoms with Crippen molar-refractivity contribution in [2.75, 3.05) is 19.6 Å². The van der Waals surface area contributed by atoms with E-state index in [1.165, 1.54) is 0 Å². The van der Waals surface area contributed by atoms with Crippen molar-refractivity contribution in [3.05, 3.63) is 0 Å². The Morgan fingerprint density at radius 3 is 2.71 bits per heavy atom. The van der Waals surface area contributed by atoms with Gasteiger partial charge in [-0.2, -0.15) is 0 Å². The predicted molar refractivity (Wildman–Crippen MR) is 58.1 cm³/mol. The van der Waals surface area contributed by atoms with Gasteiger partial charge in [-0.1, -0.05) is 20.8 Å². The van der Waals surface area contributed by atoms with Gasteiger partial charge in [0, 0.05) is 25.6 Å². The maximum atomic E-state index is 11.5. The minimum atomic E-state index is 0.298. The SMILES string of the molecule is CCNC1CCN(C(=O)CC)CC1C. The van der Waals surface area contributed by atoms with Crippen LogP contribution in [0.5, 0.6) is 0 Å². The Balaban J connectivity index is 2.42. The van der Waals surface area contributed by atoms with Crippen molar-refractivity contribution in [2.24, 2.45) is 5.92 Å². The molecule has 1 heterocycles. The number of carbonyl (C=O) groups is 1. The minimum absolute atomic E-state index is 0.298. The number of piperidine rings is 1. The van der Waals surface area contributed by atoms with Crippen LogP contribution >= 0.6 is 0 Å². The number of hydrogen-bond donors (Lipinski definition) is 1. The Morgan fingerprint density at radius 1 is 1.50 bits per heavy atom. The van der Waals surface area contributed by atoms with Crippen LogP contribution in [0.4, 0.5) is 0 Å². The standard InChI is InChI=1S/C11H22N2O/c1-4-11(14)13-7-6-10(12-5-2)9(3)8-13/h9-10,12H,4-8H2,1-3H3. The van der Waals surface area contributed by atoms with Crippen molar-refractivity contribution in [1.29, 1.82) is 0 Å². The summed E-state index contributed by atoms with van der Waals surface area (Å²) >= 11 is 0. The molecule has 1 aliphatic rings. The van der Waals surface area contributed by atoms with Crippen LogP contribution < -0.4 is 5.32 Å². The zero-order chi connectivity index (χ0) is 10.6. The summed E-state index contributed by atoms with van der Waals surface area (Å²) in [7, 11) is 0. The van der Waals surface area contributed by atoms with Crippen LogP contribution in [0, 0.1) is 5.92 Å². The molecule has 0 aromatic rings. The molecule has 14 heavy (non-hydrogen) atoms. The third-order valence-electron chi connectivity index (χ3n) is 3.03. The predicted octanol–water partition coefficient (Wildman–Crippen LogP) is 1.24. The van der Waals surface area contributed by atoms with E-state index in [1.807, 2.05) is 11.8 Å². The van der Waals surface area contributed by atoms with Crippen molar-refractivity contribution in [1.82, 2.24) is 10.2 Å². The highest BCUT2D eigenvalue weighted by Gasteiger charge is 2.26. The van der Waals surface area contributed by atoms with E-state index >= 15 is 0 Å². The number of amides is 1. The van der Waals surface area contributed by atoms with Crippen molar-refractivity contribution in [2.45, 2.75) is 39.7 Å². The maximum absolute atomic E-state index is 11.5. The topological polar surface area (TPSA) is 32.3 Å². The van der Waals surface area contributed by atoms with E-state index in [4.69, 9.17) is 0 Å². The second-order valence-electron chi connectivity index (χ2n) is 4.12. The summed E-state index contributed by atoms with van der Waals surface area (Å²) in [5.74, 6) is 0.881. The number of hydrogen-bond acceptors (Lipinski definition) is 2. The Kier molecular flexibility index (Phi) is 4.39. The van der Waals surface area contributed by atoms with Crippen LogP contribution in [0.25, 0.3) is 0 Å². The fraction of sp³-hybridized carbons (Fsp3) is 0.909. The molecule has 1 amide bonds. The zero-order valence-electron chi connectivity index (χ0n) is 9.55. The Labute approximate surface area is 86.9 Å². The second-order valence-corrected chi connectivity index (χ2v) is 4.12. The first-order valence-corrected chi connectivity index (χ1v) is 5.70. The molecular formula is C11H22N2O. The molecule has 1 fully saturated rings. The molecule has 2 unspecified atom stereocenters. The van der Waals surface area contributed by atoms with Gasteiger partial charge in [0.15, 0.2) is 0 Å². The average molecular weight is 198 g/mol. The summed E-state index contributed by atoms with van der Waals surface area (Å²) in [4.78, 5) is 13.5. The minimum Gasteiger partial charge on any atom is -0.342 e. The van der Waals surface area contributed by atoms with E-state index < -0.39 is 0 Å². The van der Waals surface area contributed by atoms with Crippen LogP contribution in [0.15, 0.2) is 0 Å². The molecular weight excluding hydrogens is 176 g/mol. The summed E-state index contributed by atoms with van der Waals surface area (Å²) in [6.07, 6.45) is 1.74. The first-order valence-electron chi connectivity index (χ1n) is 5.70. The summed E-state index contributed by atoms with van der Waals surface area (Å²) in [5, 5.41) is 3.47. The van der Waals surface area contributed by atoms with Gasteiger partial charge in [-0.05, 0) is 18.9 Å². The molecule has 1 saturated heterocycles. The molecule has 3 heteroatoms. The smallest absolute Gasteiger partial charge is 0.222 e. The number of carbonyl (C=O) groups excluding carboxylic acids is 1. The van der Waals surface area contributed by atoms with E-state index in [1.54, 1.807) is 0 Å². The van der Waals surface area contributed by atoms with E-state index in [0.29, 0.717) is 24.3 Å². The van der Waals surface area contributed by atoms with Crippen LogP contribution in [-0.2, 0) is 4.79 Å². The monoisotopic (exact) mass is 198 g/mol. The van der Waals surface area contributed by atoms with Crippen LogP contribution in [0.1, 0.15) is 33.6 Å². The molecule has 82 valence electrons. The van der Waals surface area contributed by atoms with E-state index in [9.17, 15) is 4.79 Å². The lowest BCUT2D eigenvalue weighted by Gasteiger charge is -2.37. The fourth-order valence-electron chi connectivity index (χ4n) is 2.16. The third-order valence-corrected chi connectivity index (χ3v) is 3.03. The average Bonchev–Trinajstić information content (AvgIpc) is 2.20.